The Bertz CT molecular complexity index is 936. The molecule has 2 aromatic carbocycles. The number of benzene rings is 2. The summed E-state index contributed by atoms with van der Waals surface area (Å²) in [6.07, 6.45) is 3.71. The molecule has 0 aliphatic carbocycles. The molecule has 0 fully saturated rings. The fourth-order valence-electron chi connectivity index (χ4n) is 3.69. The van der Waals surface area contributed by atoms with Crippen LogP contribution >= 0.6 is 0 Å². The smallest absolute Gasteiger partial charge is 0.322 e. The number of carbonyl (C=O) groups excluding carboxylic acids is 1. The maximum Gasteiger partial charge on any atom is 0.322 e. The van der Waals surface area contributed by atoms with Gasteiger partial charge >= 0.3 is 6.03 Å². The Morgan fingerprint density at radius 3 is 2.68 bits per heavy atom. The van der Waals surface area contributed by atoms with E-state index in [4.69, 9.17) is 0 Å². The molecule has 0 saturated carbocycles. The molecule has 6 nitrogen and oxygen atoms in total. The first-order chi connectivity index (χ1) is 13.6. The molecule has 28 heavy (non-hydrogen) atoms. The van der Waals surface area contributed by atoms with E-state index in [0.717, 1.165) is 17.8 Å². The van der Waals surface area contributed by atoms with Gasteiger partial charge in [-0.2, -0.15) is 5.10 Å². The van der Waals surface area contributed by atoms with Crippen LogP contribution in [-0.2, 0) is 13.1 Å². The molecular formula is C22H25N5O. The minimum absolute atomic E-state index is 0.0718. The van der Waals surface area contributed by atoms with Gasteiger partial charge in [0.15, 0.2) is 0 Å². The summed E-state index contributed by atoms with van der Waals surface area (Å²) in [4.78, 5) is 17.1. The van der Waals surface area contributed by atoms with E-state index in [0.29, 0.717) is 13.1 Å². The van der Waals surface area contributed by atoms with Crippen molar-refractivity contribution in [1.29, 1.82) is 0 Å². The molecule has 1 N–H and O–H groups in total. The van der Waals surface area contributed by atoms with Gasteiger partial charge in [0, 0.05) is 49.9 Å². The second kappa shape index (κ2) is 7.76. The van der Waals surface area contributed by atoms with Gasteiger partial charge in [-0.25, -0.2) is 4.79 Å². The van der Waals surface area contributed by atoms with E-state index in [1.807, 2.05) is 58.2 Å². The SMILES string of the molecule is C[C@H]1CN(C)c2ccccc2CN1C(=O)Nc1ccc(Cn2cccn2)cc1. The second-order valence-electron chi connectivity index (χ2n) is 7.32. The number of aromatic nitrogens is 2. The Labute approximate surface area is 165 Å². The summed E-state index contributed by atoms with van der Waals surface area (Å²) >= 11 is 0. The number of hydrogen-bond acceptors (Lipinski definition) is 3. The molecule has 1 aromatic heterocycles. The zero-order valence-electron chi connectivity index (χ0n) is 16.2. The Morgan fingerprint density at radius 1 is 1.14 bits per heavy atom. The Kier molecular flexibility index (Phi) is 5.02. The minimum atomic E-state index is -0.0718. The van der Waals surface area contributed by atoms with Gasteiger partial charge in [0.1, 0.15) is 0 Å². The molecule has 4 rings (SSSR count). The summed E-state index contributed by atoms with van der Waals surface area (Å²) in [6.45, 7) is 4.21. The molecule has 0 radical (unpaired) electrons. The van der Waals surface area contributed by atoms with Crippen molar-refractivity contribution in [2.75, 3.05) is 23.8 Å². The lowest BCUT2D eigenvalue weighted by Crippen LogP contribution is -2.44. The molecule has 1 atom stereocenters. The van der Waals surface area contributed by atoms with Crippen LogP contribution in [0.4, 0.5) is 16.2 Å². The number of para-hydroxylation sites is 1. The number of nitrogens with zero attached hydrogens (tertiary/aromatic N) is 4. The molecule has 1 aliphatic heterocycles. The largest absolute Gasteiger partial charge is 0.372 e. The normalized spacial score (nSPS) is 16.4. The standard InChI is InChI=1S/C22H25N5O/c1-17-14-25(2)21-7-4-3-6-19(21)16-27(17)22(28)24-20-10-8-18(9-11-20)15-26-13-5-12-23-26/h3-13,17H,14-16H2,1-2H3,(H,24,28)/t17-/m0/s1. The van der Waals surface area contributed by atoms with Crippen LogP contribution in [0.1, 0.15) is 18.1 Å². The Balaban J connectivity index is 1.45. The lowest BCUT2D eigenvalue weighted by molar-refractivity contribution is 0.192. The summed E-state index contributed by atoms with van der Waals surface area (Å²) in [5.74, 6) is 0. The Morgan fingerprint density at radius 2 is 1.93 bits per heavy atom. The van der Waals surface area contributed by atoms with Crippen molar-refractivity contribution in [3.63, 3.8) is 0 Å². The Hall–Kier alpha value is -3.28. The molecular weight excluding hydrogens is 350 g/mol. The first-order valence-corrected chi connectivity index (χ1v) is 9.53. The van der Waals surface area contributed by atoms with Crippen molar-refractivity contribution in [3.05, 3.63) is 78.1 Å². The van der Waals surface area contributed by atoms with Gasteiger partial charge in [0.05, 0.1) is 6.54 Å². The third-order valence-electron chi connectivity index (χ3n) is 5.18. The number of likely N-dealkylation sites (N-methyl/N-ethyl adjacent to an activating group) is 1. The third-order valence-corrected chi connectivity index (χ3v) is 5.18. The number of urea groups is 1. The molecule has 0 saturated heterocycles. The average Bonchev–Trinajstić information content (AvgIpc) is 3.16. The maximum atomic E-state index is 13.0. The van der Waals surface area contributed by atoms with Gasteiger partial charge in [-0.05, 0) is 42.3 Å². The zero-order chi connectivity index (χ0) is 19.5. The number of nitrogens with one attached hydrogen (secondary N) is 1. The molecule has 2 heterocycles. The molecule has 144 valence electrons. The predicted octanol–water partition coefficient (Wildman–Crippen LogP) is 3.80. The summed E-state index contributed by atoms with van der Waals surface area (Å²) in [6, 6.07) is 18.1. The summed E-state index contributed by atoms with van der Waals surface area (Å²) < 4.78 is 1.88. The summed E-state index contributed by atoms with van der Waals surface area (Å²) in [5.41, 5.74) is 4.29. The van der Waals surface area contributed by atoms with Crippen LogP contribution in [0.2, 0.25) is 0 Å². The number of fused-ring (bicyclic) bond motifs is 1. The highest BCUT2D eigenvalue weighted by molar-refractivity contribution is 5.89. The second-order valence-corrected chi connectivity index (χ2v) is 7.32. The topological polar surface area (TPSA) is 53.4 Å². The molecule has 6 heteroatoms. The van der Waals surface area contributed by atoms with Gasteiger partial charge in [-0.1, -0.05) is 30.3 Å². The van der Waals surface area contributed by atoms with Crippen molar-refractivity contribution in [2.45, 2.75) is 26.1 Å². The zero-order valence-corrected chi connectivity index (χ0v) is 16.2. The van der Waals surface area contributed by atoms with Crippen LogP contribution in [0.15, 0.2) is 67.0 Å². The quantitative estimate of drug-likeness (QED) is 0.757. The molecule has 0 spiro atoms. The van der Waals surface area contributed by atoms with E-state index in [9.17, 15) is 4.79 Å². The number of rotatable bonds is 3. The fraction of sp³-hybridized carbons (Fsp3) is 0.273. The monoisotopic (exact) mass is 375 g/mol. The minimum Gasteiger partial charge on any atom is -0.372 e. The molecule has 3 aromatic rings. The van der Waals surface area contributed by atoms with Crippen molar-refractivity contribution >= 4 is 17.4 Å². The van der Waals surface area contributed by atoms with Crippen molar-refractivity contribution < 1.29 is 4.79 Å². The van der Waals surface area contributed by atoms with E-state index in [-0.39, 0.29) is 12.1 Å². The van der Waals surface area contributed by atoms with E-state index in [2.05, 4.69) is 41.4 Å². The van der Waals surface area contributed by atoms with Gasteiger partial charge in [-0.15, -0.1) is 0 Å². The van der Waals surface area contributed by atoms with Crippen molar-refractivity contribution in [1.82, 2.24) is 14.7 Å². The first kappa shape index (κ1) is 18.1. The van der Waals surface area contributed by atoms with Crippen LogP contribution in [-0.4, -0.2) is 40.3 Å². The van der Waals surface area contributed by atoms with E-state index >= 15 is 0 Å². The van der Waals surface area contributed by atoms with Gasteiger partial charge in [-0.3, -0.25) is 4.68 Å². The van der Waals surface area contributed by atoms with Gasteiger partial charge in [0.25, 0.3) is 0 Å². The first-order valence-electron chi connectivity index (χ1n) is 9.53. The highest BCUT2D eigenvalue weighted by Gasteiger charge is 2.26. The number of anilines is 2. The maximum absolute atomic E-state index is 13.0. The number of carbonyl (C=O) groups is 1. The van der Waals surface area contributed by atoms with Crippen LogP contribution in [0.5, 0.6) is 0 Å². The molecule has 0 bridgehead atoms. The van der Waals surface area contributed by atoms with E-state index in [1.54, 1.807) is 6.20 Å². The van der Waals surface area contributed by atoms with Crippen LogP contribution in [0, 0.1) is 0 Å². The van der Waals surface area contributed by atoms with Gasteiger partial charge in [0.2, 0.25) is 0 Å². The van der Waals surface area contributed by atoms with Gasteiger partial charge < -0.3 is 15.1 Å². The highest BCUT2D eigenvalue weighted by atomic mass is 16.2. The van der Waals surface area contributed by atoms with Crippen LogP contribution in [0.3, 0.4) is 0 Å². The fourth-order valence-corrected chi connectivity index (χ4v) is 3.69. The van der Waals surface area contributed by atoms with Crippen molar-refractivity contribution in [3.8, 4) is 0 Å². The lowest BCUT2D eigenvalue weighted by Gasteiger charge is -2.28. The number of amides is 2. The molecule has 1 aliphatic rings. The number of hydrogen-bond donors (Lipinski definition) is 1. The average molecular weight is 375 g/mol. The summed E-state index contributed by atoms with van der Waals surface area (Å²) in [5, 5.41) is 7.27. The predicted molar refractivity (Wildman–Crippen MR) is 112 cm³/mol. The third kappa shape index (κ3) is 3.86. The van der Waals surface area contributed by atoms with Crippen molar-refractivity contribution in [2.24, 2.45) is 0 Å². The van der Waals surface area contributed by atoms with E-state index in [1.165, 1.54) is 11.3 Å². The lowest BCUT2D eigenvalue weighted by atomic mass is 10.1. The molecule has 2 amide bonds. The van der Waals surface area contributed by atoms with E-state index < -0.39 is 0 Å². The summed E-state index contributed by atoms with van der Waals surface area (Å²) in [7, 11) is 2.08. The molecule has 0 unspecified atom stereocenters. The van der Waals surface area contributed by atoms with Crippen LogP contribution < -0.4 is 10.2 Å². The van der Waals surface area contributed by atoms with Crippen LogP contribution in [0.25, 0.3) is 0 Å². The highest BCUT2D eigenvalue weighted by Crippen LogP contribution is 2.26.